The summed E-state index contributed by atoms with van der Waals surface area (Å²) >= 11 is 2.35. The van der Waals surface area contributed by atoms with E-state index in [0.717, 1.165) is 47.9 Å². The Morgan fingerprint density at radius 3 is 2.44 bits per heavy atom. The van der Waals surface area contributed by atoms with Crippen molar-refractivity contribution < 1.29 is 9.59 Å². The first-order chi connectivity index (χ1) is 17.4. The van der Waals surface area contributed by atoms with Crippen LogP contribution in [0.5, 0.6) is 0 Å². The number of nitrogens with zero attached hydrogens (tertiary/aromatic N) is 3. The van der Waals surface area contributed by atoms with Crippen molar-refractivity contribution in [3.05, 3.63) is 59.4 Å². The van der Waals surface area contributed by atoms with Crippen LogP contribution in [0.4, 0.5) is 0 Å². The highest BCUT2D eigenvalue weighted by Crippen LogP contribution is 2.34. The zero-order chi connectivity index (χ0) is 25.7. The van der Waals surface area contributed by atoms with Gasteiger partial charge in [-0.25, -0.2) is 0 Å². The van der Waals surface area contributed by atoms with Crippen molar-refractivity contribution in [2.24, 2.45) is 0 Å². The first-order valence-corrected chi connectivity index (χ1v) is 14.7. The summed E-state index contributed by atoms with van der Waals surface area (Å²) in [5.41, 5.74) is 3.55. The van der Waals surface area contributed by atoms with Crippen LogP contribution in [0.3, 0.4) is 0 Å². The van der Waals surface area contributed by atoms with Gasteiger partial charge in [-0.3, -0.25) is 14.3 Å². The number of halogens is 1. The lowest BCUT2D eigenvalue weighted by atomic mass is 9.93. The van der Waals surface area contributed by atoms with Crippen LogP contribution in [0, 0.1) is 0 Å². The molecule has 4 rings (SSSR count). The molecule has 1 aromatic carbocycles. The zero-order valence-corrected chi connectivity index (χ0v) is 23.6. The van der Waals surface area contributed by atoms with E-state index in [-0.39, 0.29) is 17.9 Å². The van der Waals surface area contributed by atoms with E-state index in [0.29, 0.717) is 25.3 Å². The number of fused-ring (bicyclic) bond motifs is 1. The molecule has 1 unspecified atom stereocenters. The van der Waals surface area contributed by atoms with E-state index in [1.807, 2.05) is 13.8 Å². The molecule has 2 amide bonds. The maximum Gasteiger partial charge on any atom is 0.271 e. The van der Waals surface area contributed by atoms with Crippen molar-refractivity contribution in [1.29, 1.82) is 0 Å². The van der Waals surface area contributed by atoms with E-state index in [1.54, 1.807) is 10.7 Å². The average Bonchev–Trinajstić information content (AvgIpc) is 3.13. The highest BCUT2D eigenvalue weighted by Gasteiger charge is 2.45. The second-order valence-corrected chi connectivity index (χ2v) is 10.9. The molecule has 1 aliphatic heterocycles. The van der Waals surface area contributed by atoms with Crippen LogP contribution in [0.25, 0.3) is 5.70 Å². The molecule has 2 N–H and O–H groups in total. The van der Waals surface area contributed by atoms with Crippen LogP contribution in [0.2, 0.25) is 0 Å². The van der Waals surface area contributed by atoms with Gasteiger partial charge in [-0.2, -0.15) is 5.10 Å². The van der Waals surface area contributed by atoms with Crippen molar-refractivity contribution in [3.8, 4) is 0 Å². The van der Waals surface area contributed by atoms with E-state index in [2.05, 4.69) is 74.1 Å². The second-order valence-electron chi connectivity index (χ2n) is 10.2. The van der Waals surface area contributed by atoms with Gasteiger partial charge in [0.25, 0.3) is 5.91 Å². The molecule has 36 heavy (non-hydrogen) atoms. The molecule has 2 aromatic rings. The van der Waals surface area contributed by atoms with E-state index in [9.17, 15) is 9.59 Å². The smallest absolute Gasteiger partial charge is 0.271 e. The van der Waals surface area contributed by atoms with Gasteiger partial charge in [0.1, 0.15) is 5.54 Å². The SMILES string of the molecule is C=C1c2cc(C(=O)NCCc3ccc(CI)cc3)nn2CC(C)(C(=O)NC2CCCCCC2)N1CC. The number of aromatic nitrogens is 2. The Hall–Kier alpha value is -2.36. The largest absolute Gasteiger partial charge is 0.355 e. The lowest BCUT2D eigenvalue weighted by Gasteiger charge is -2.46. The van der Waals surface area contributed by atoms with Crippen LogP contribution in [-0.2, 0) is 22.2 Å². The summed E-state index contributed by atoms with van der Waals surface area (Å²) in [6.07, 6.45) is 7.65. The maximum absolute atomic E-state index is 13.6. The molecule has 0 radical (unpaired) electrons. The van der Waals surface area contributed by atoms with Crippen molar-refractivity contribution >= 4 is 40.1 Å². The van der Waals surface area contributed by atoms with Crippen molar-refractivity contribution in [2.75, 3.05) is 13.1 Å². The molecule has 1 saturated carbocycles. The molecule has 0 bridgehead atoms. The third-order valence-electron chi connectivity index (χ3n) is 7.56. The standard InChI is InChI=1S/C28H38IN5O2/c1-4-33-20(2)25-17-24(26(35)30-16-15-21-11-13-22(18-29)14-12-21)32-34(25)19-28(33,3)27(36)31-23-9-7-5-6-8-10-23/h11-14,17,23H,2,4-10,15-16,18-19H2,1,3H3,(H,30,35)(H,31,36). The lowest BCUT2D eigenvalue weighted by molar-refractivity contribution is -0.133. The molecule has 8 heteroatoms. The second kappa shape index (κ2) is 11.8. The zero-order valence-electron chi connectivity index (χ0n) is 21.5. The number of amides is 2. The number of rotatable bonds is 8. The summed E-state index contributed by atoms with van der Waals surface area (Å²) in [6.45, 7) is 9.85. The van der Waals surface area contributed by atoms with Gasteiger partial charge in [0.2, 0.25) is 5.91 Å². The maximum atomic E-state index is 13.6. The van der Waals surface area contributed by atoms with Crippen molar-refractivity contribution in [1.82, 2.24) is 25.3 Å². The number of benzene rings is 1. The molecule has 7 nitrogen and oxygen atoms in total. The summed E-state index contributed by atoms with van der Waals surface area (Å²) in [5.74, 6) is -0.195. The third-order valence-corrected chi connectivity index (χ3v) is 8.44. The predicted octanol–water partition coefficient (Wildman–Crippen LogP) is 4.69. The van der Waals surface area contributed by atoms with E-state index >= 15 is 0 Å². The fourth-order valence-corrected chi connectivity index (χ4v) is 5.91. The summed E-state index contributed by atoms with van der Waals surface area (Å²) in [7, 11) is 0. The first-order valence-electron chi connectivity index (χ1n) is 13.1. The Kier molecular flexibility index (Phi) is 8.74. The molecule has 2 heterocycles. The van der Waals surface area contributed by atoms with Gasteiger partial charge in [0.15, 0.2) is 5.69 Å². The van der Waals surface area contributed by atoms with Crippen LogP contribution >= 0.6 is 22.6 Å². The van der Waals surface area contributed by atoms with Crippen LogP contribution in [0.15, 0.2) is 36.9 Å². The number of likely N-dealkylation sites (N-methyl/N-ethyl adjacent to an activating group) is 1. The number of hydrogen-bond donors (Lipinski definition) is 2. The van der Waals surface area contributed by atoms with Gasteiger partial charge >= 0.3 is 0 Å². The molecule has 1 atom stereocenters. The highest BCUT2D eigenvalue weighted by molar-refractivity contribution is 14.1. The molecule has 2 aliphatic rings. The van der Waals surface area contributed by atoms with E-state index < -0.39 is 5.54 Å². The summed E-state index contributed by atoms with van der Waals surface area (Å²) in [5, 5.41) is 10.9. The van der Waals surface area contributed by atoms with Gasteiger partial charge in [-0.15, -0.1) is 0 Å². The quantitative estimate of drug-likeness (QED) is 0.261. The van der Waals surface area contributed by atoms with E-state index in [1.165, 1.54) is 24.0 Å². The Labute approximate surface area is 228 Å². The number of carbonyl (C=O) groups excluding carboxylic acids is 2. The van der Waals surface area contributed by atoms with E-state index in [4.69, 9.17) is 0 Å². The minimum atomic E-state index is -0.810. The molecule has 194 valence electrons. The lowest BCUT2D eigenvalue weighted by Crippen LogP contribution is -2.62. The third kappa shape index (κ3) is 5.79. The summed E-state index contributed by atoms with van der Waals surface area (Å²) in [6, 6.07) is 10.5. The summed E-state index contributed by atoms with van der Waals surface area (Å²) < 4.78 is 2.76. The first kappa shape index (κ1) is 26.7. The number of carbonyl (C=O) groups is 2. The molecule has 1 aromatic heterocycles. The fourth-order valence-electron chi connectivity index (χ4n) is 5.40. The van der Waals surface area contributed by atoms with Gasteiger partial charge in [0, 0.05) is 23.6 Å². The van der Waals surface area contributed by atoms with Gasteiger partial charge < -0.3 is 15.5 Å². The van der Waals surface area contributed by atoms with Crippen LogP contribution in [0.1, 0.15) is 79.7 Å². The monoisotopic (exact) mass is 603 g/mol. The van der Waals surface area contributed by atoms with Crippen molar-refractivity contribution in [2.45, 2.75) is 81.3 Å². The molecule has 0 spiro atoms. The van der Waals surface area contributed by atoms with Gasteiger partial charge in [-0.1, -0.05) is 79.1 Å². The highest BCUT2D eigenvalue weighted by atomic mass is 127. The van der Waals surface area contributed by atoms with Crippen LogP contribution < -0.4 is 10.6 Å². The predicted molar refractivity (Wildman–Crippen MR) is 152 cm³/mol. The van der Waals surface area contributed by atoms with Gasteiger partial charge in [-0.05, 0) is 50.3 Å². The topological polar surface area (TPSA) is 79.3 Å². The molecular formula is C28H38IN5O2. The minimum absolute atomic E-state index is 0.0122. The normalized spacial score (nSPS) is 20.5. The Morgan fingerprint density at radius 2 is 1.81 bits per heavy atom. The average molecular weight is 604 g/mol. The molecule has 1 aliphatic carbocycles. The number of alkyl halides is 1. The summed E-state index contributed by atoms with van der Waals surface area (Å²) in [4.78, 5) is 28.5. The Bertz CT molecular complexity index is 1090. The Balaban J connectivity index is 1.43. The number of hydrogen-bond acceptors (Lipinski definition) is 4. The van der Waals surface area contributed by atoms with Crippen LogP contribution in [-0.4, -0.2) is 51.2 Å². The minimum Gasteiger partial charge on any atom is -0.355 e. The van der Waals surface area contributed by atoms with Crippen molar-refractivity contribution in [3.63, 3.8) is 0 Å². The Morgan fingerprint density at radius 1 is 1.14 bits per heavy atom. The molecular weight excluding hydrogens is 565 g/mol. The fraction of sp³-hybridized carbons (Fsp3) is 0.536. The molecule has 1 fully saturated rings. The van der Waals surface area contributed by atoms with Gasteiger partial charge in [0.05, 0.1) is 17.9 Å². The molecule has 0 saturated heterocycles. The number of nitrogens with one attached hydrogen (secondary N) is 2.